The summed E-state index contributed by atoms with van der Waals surface area (Å²) >= 11 is 12.6. The highest BCUT2D eigenvalue weighted by Crippen LogP contribution is 2.36. The molecule has 0 aliphatic rings. The van der Waals surface area contributed by atoms with Gasteiger partial charge in [0.25, 0.3) is 0 Å². The molecule has 4 aromatic carbocycles. The van der Waals surface area contributed by atoms with Crippen LogP contribution in [0.3, 0.4) is 0 Å². The SMILES string of the molecule is O=C(C[C@H](c1ccc(Cl)c(Cl)c1)c1c[nH]c2ccccc12)N[C@@H](Cc1ccccc1)c1ccccc1. The molecule has 0 saturated heterocycles. The Balaban J connectivity index is 1.46. The van der Waals surface area contributed by atoms with Gasteiger partial charge in [-0.1, -0.05) is 108 Å². The highest BCUT2D eigenvalue weighted by molar-refractivity contribution is 6.42. The van der Waals surface area contributed by atoms with E-state index in [1.54, 1.807) is 6.07 Å². The van der Waals surface area contributed by atoms with Crippen molar-refractivity contribution in [2.45, 2.75) is 24.8 Å². The third-order valence-electron chi connectivity index (χ3n) is 6.55. The quantitative estimate of drug-likeness (QED) is 0.216. The summed E-state index contributed by atoms with van der Waals surface area (Å²) in [6.07, 6.45) is 2.98. The maximum Gasteiger partial charge on any atom is 0.221 e. The zero-order chi connectivity index (χ0) is 24.9. The number of fused-ring (bicyclic) bond motifs is 1. The Hall–Kier alpha value is -3.53. The molecule has 2 atom stereocenters. The number of H-pyrrole nitrogens is 1. The molecular weight excluding hydrogens is 487 g/mol. The average Bonchev–Trinajstić information content (AvgIpc) is 3.34. The Morgan fingerprint density at radius 3 is 2.22 bits per heavy atom. The van der Waals surface area contributed by atoms with Crippen molar-refractivity contribution >= 4 is 40.0 Å². The fourth-order valence-corrected chi connectivity index (χ4v) is 5.05. The molecule has 180 valence electrons. The van der Waals surface area contributed by atoms with Crippen LogP contribution in [0, 0.1) is 0 Å². The predicted octanol–water partition coefficient (Wildman–Crippen LogP) is 8.10. The molecule has 0 bridgehead atoms. The summed E-state index contributed by atoms with van der Waals surface area (Å²) in [7, 11) is 0. The summed E-state index contributed by atoms with van der Waals surface area (Å²) in [5.74, 6) is -0.217. The fourth-order valence-electron chi connectivity index (χ4n) is 4.74. The van der Waals surface area contributed by atoms with Crippen LogP contribution >= 0.6 is 23.2 Å². The lowest BCUT2D eigenvalue weighted by atomic mass is 9.87. The van der Waals surface area contributed by atoms with Gasteiger partial charge in [-0.3, -0.25) is 4.79 Å². The molecule has 0 spiro atoms. The van der Waals surface area contributed by atoms with E-state index < -0.39 is 0 Å². The molecule has 1 aromatic heterocycles. The number of carbonyl (C=O) groups is 1. The van der Waals surface area contributed by atoms with E-state index in [2.05, 4.69) is 40.6 Å². The molecule has 0 aliphatic carbocycles. The highest BCUT2D eigenvalue weighted by Gasteiger charge is 2.24. The van der Waals surface area contributed by atoms with Gasteiger partial charge in [0.2, 0.25) is 5.91 Å². The van der Waals surface area contributed by atoms with Crippen LogP contribution in [0.25, 0.3) is 10.9 Å². The van der Waals surface area contributed by atoms with Crippen molar-refractivity contribution in [3.8, 4) is 0 Å². The minimum absolute atomic E-state index is 0.0267. The van der Waals surface area contributed by atoms with E-state index >= 15 is 0 Å². The number of halogens is 2. The molecule has 1 heterocycles. The van der Waals surface area contributed by atoms with Crippen LogP contribution in [0.15, 0.2) is 109 Å². The van der Waals surface area contributed by atoms with Crippen molar-refractivity contribution in [2.75, 3.05) is 0 Å². The average molecular weight is 513 g/mol. The van der Waals surface area contributed by atoms with E-state index in [1.807, 2.05) is 72.9 Å². The molecular formula is C31H26Cl2N2O. The number of nitrogens with one attached hydrogen (secondary N) is 2. The monoisotopic (exact) mass is 512 g/mol. The Bertz CT molecular complexity index is 1460. The van der Waals surface area contributed by atoms with Gasteiger partial charge >= 0.3 is 0 Å². The lowest BCUT2D eigenvalue weighted by Crippen LogP contribution is -2.31. The summed E-state index contributed by atoms with van der Waals surface area (Å²) in [5.41, 5.74) is 5.28. The van der Waals surface area contributed by atoms with E-state index in [4.69, 9.17) is 23.2 Å². The number of aromatic nitrogens is 1. The normalized spacial score (nSPS) is 12.8. The first-order valence-corrected chi connectivity index (χ1v) is 12.7. The van der Waals surface area contributed by atoms with Gasteiger partial charge in [0.05, 0.1) is 16.1 Å². The number of carbonyl (C=O) groups excluding carboxylic acids is 1. The number of aromatic amines is 1. The first-order valence-electron chi connectivity index (χ1n) is 12.0. The summed E-state index contributed by atoms with van der Waals surface area (Å²) in [6, 6.07) is 33.9. The Morgan fingerprint density at radius 2 is 1.47 bits per heavy atom. The van der Waals surface area contributed by atoms with Gasteiger partial charge in [-0.25, -0.2) is 0 Å². The van der Waals surface area contributed by atoms with Crippen molar-refractivity contribution in [3.63, 3.8) is 0 Å². The van der Waals surface area contributed by atoms with Crippen molar-refractivity contribution in [1.29, 1.82) is 0 Å². The van der Waals surface area contributed by atoms with E-state index in [0.29, 0.717) is 16.5 Å². The van der Waals surface area contributed by atoms with Crippen LogP contribution in [0.5, 0.6) is 0 Å². The van der Waals surface area contributed by atoms with E-state index in [-0.39, 0.29) is 24.3 Å². The highest BCUT2D eigenvalue weighted by atomic mass is 35.5. The Labute approximate surface area is 221 Å². The molecule has 0 aliphatic heterocycles. The van der Waals surface area contributed by atoms with Crippen molar-refractivity contribution in [2.24, 2.45) is 0 Å². The fraction of sp³-hybridized carbons (Fsp3) is 0.129. The number of hydrogen-bond acceptors (Lipinski definition) is 1. The van der Waals surface area contributed by atoms with Crippen LogP contribution in [0.4, 0.5) is 0 Å². The van der Waals surface area contributed by atoms with Gasteiger partial charge in [0.15, 0.2) is 0 Å². The van der Waals surface area contributed by atoms with Gasteiger partial charge in [-0.2, -0.15) is 0 Å². The second-order valence-corrected chi connectivity index (χ2v) is 9.75. The summed E-state index contributed by atoms with van der Waals surface area (Å²) in [6.45, 7) is 0. The molecule has 0 radical (unpaired) electrons. The topological polar surface area (TPSA) is 44.9 Å². The van der Waals surface area contributed by atoms with Crippen LogP contribution < -0.4 is 5.32 Å². The minimum atomic E-state index is -0.191. The molecule has 36 heavy (non-hydrogen) atoms. The molecule has 0 unspecified atom stereocenters. The Morgan fingerprint density at radius 1 is 0.778 bits per heavy atom. The van der Waals surface area contributed by atoms with Crippen LogP contribution in [0.2, 0.25) is 10.0 Å². The number of hydrogen-bond donors (Lipinski definition) is 2. The zero-order valence-corrected chi connectivity index (χ0v) is 21.1. The second-order valence-electron chi connectivity index (χ2n) is 8.94. The minimum Gasteiger partial charge on any atom is -0.361 e. The van der Waals surface area contributed by atoms with Gasteiger partial charge < -0.3 is 10.3 Å². The van der Waals surface area contributed by atoms with Crippen molar-refractivity contribution in [1.82, 2.24) is 10.3 Å². The zero-order valence-electron chi connectivity index (χ0n) is 19.6. The van der Waals surface area contributed by atoms with E-state index in [1.165, 1.54) is 5.56 Å². The van der Waals surface area contributed by atoms with Gasteiger partial charge in [0, 0.05) is 29.4 Å². The molecule has 5 heteroatoms. The van der Waals surface area contributed by atoms with Crippen molar-refractivity contribution < 1.29 is 4.79 Å². The van der Waals surface area contributed by atoms with Gasteiger partial charge in [-0.15, -0.1) is 0 Å². The summed E-state index contributed by atoms with van der Waals surface area (Å²) in [5, 5.41) is 5.37. The first kappa shape index (κ1) is 24.2. The lowest BCUT2D eigenvalue weighted by molar-refractivity contribution is -0.122. The molecule has 0 fully saturated rings. The number of benzene rings is 4. The standard InChI is InChI=1S/C31H26Cl2N2O/c32-27-16-15-23(18-28(27)33)25(26-20-34-29-14-8-7-13-24(26)29)19-31(36)35-30(22-11-5-2-6-12-22)17-21-9-3-1-4-10-21/h1-16,18,20,25,30,34H,17,19H2,(H,35,36)/t25-,30+/m1/s1. The molecule has 5 rings (SSSR count). The van der Waals surface area contributed by atoms with Gasteiger partial charge in [-0.05, 0) is 46.9 Å². The van der Waals surface area contributed by atoms with Crippen molar-refractivity contribution in [3.05, 3.63) is 142 Å². The lowest BCUT2D eigenvalue weighted by Gasteiger charge is -2.23. The maximum absolute atomic E-state index is 13.6. The number of amides is 1. The number of para-hydroxylation sites is 1. The number of rotatable bonds is 8. The molecule has 0 saturated carbocycles. The third-order valence-corrected chi connectivity index (χ3v) is 7.29. The van der Waals surface area contributed by atoms with E-state index in [9.17, 15) is 4.79 Å². The molecule has 3 nitrogen and oxygen atoms in total. The third kappa shape index (κ3) is 5.48. The molecule has 2 N–H and O–H groups in total. The smallest absolute Gasteiger partial charge is 0.221 e. The summed E-state index contributed by atoms with van der Waals surface area (Å²) < 4.78 is 0. The van der Waals surface area contributed by atoms with Crippen LogP contribution in [-0.2, 0) is 11.2 Å². The van der Waals surface area contributed by atoms with Crippen LogP contribution in [0.1, 0.15) is 40.6 Å². The molecule has 1 amide bonds. The predicted molar refractivity (Wildman–Crippen MR) is 149 cm³/mol. The maximum atomic E-state index is 13.6. The second kappa shape index (κ2) is 11.0. The van der Waals surface area contributed by atoms with E-state index in [0.717, 1.165) is 27.6 Å². The summed E-state index contributed by atoms with van der Waals surface area (Å²) in [4.78, 5) is 16.9. The molecule has 5 aromatic rings. The van der Waals surface area contributed by atoms with Gasteiger partial charge in [0.1, 0.15) is 0 Å². The van der Waals surface area contributed by atoms with Crippen LogP contribution in [-0.4, -0.2) is 10.9 Å². The first-order chi connectivity index (χ1) is 17.6. The largest absolute Gasteiger partial charge is 0.361 e. The Kier molecular flexibility index (Phi) is 7.41.